The molecule has 3 rings (SSSR count). The van der Waals surface area contributed by atoms with Gasteiger partial charge in [0, 0.05) is 20.2 Å². The molecule has 0 aliphatic carbocycles. The Kier molecular flexibility index (Phi) is 2.90. The summed E-state index contributed by atoms with van der Waals surface area (Å²) in [5.74, 6) is 0.550. The van der Waals surface area contributed by atoms with Crippen molar-refractivity contribution >= 4 is 33.9 Å². The summed E-state index contributed by atoms with van der Waals surface area (Å²) in [5.41, 5.74) is 0.738. The summed E-state index contributed by atoms with van der Waals surface area (Å²) < 4.78 is 5.65. The summed E-state index contributed by atoms with van der Waals surface area (Å²) in [6.45, 7) is 2.01. The Bertz CT molecular complexity index is 699. The van der Waals surface area contributed by atoms with Crippen LogP contribution in [0.15, 0.2) is 40.8 Å². The highest BCUT2D eigenvalue weighted by molar-refractivity contribution is 7.12. The molecule has 2 aromatic heterocycles. The third-order valence-electron chi connectivity index (χ3n) is 2.80. The van der Waals surface area contributed by atoms with Crippen LogP contribution in [0.1, 0.15) is 21.6 Å². The first-order valence-electron chi connectivity index (χ1n) is 5.57. The van der Waals surface area contributed by atoms with Crippen molar-refractivity contribution in [2.75, 3.05) is 0 Å². The van der Waals surface area contributed by atoms with Gasteiger partial charge < -0.3 is 9.52 Å². The van der Waals surface area contributed by atoms with E-state index < -0.39 is 6.10 Å². The van der Waals surface area contributed by atoms with Gasteiger partial charge in [0.1, 0.15) is 17.4 Å². The molecule has 0 saturated heterocycles. The molecule has 3 aromatic rings. The molecule has 0 bridgehead atoms. The zero-order chi connectivity index (χ0) is 12.7. The van der Waals surface area contributed by atoms with Gasteiger partial charge in [0.05, 0.1) is 0 Å². The number of hydrogen-bond acceptors (Lipinski definition) is 3. The predicted molar refractivity (Wildman–Crippen MR) is 74.3 cm³/mol. The molecule has 2 heterocycles. The second-order valence-electron chi connectivity index (χ2n) is 4.18. The topological polar surface area (TPSA) is 33.4 Å². The number of halogens is 1. The Morgan fingerprint density at radius 1 is 1.22 bits per heavy atom. The molecule has 0 saturated carbocycles. The average Bonchev–Trinajstić information content (AvgIpc) is 2.93. The molecule has 0 fully saturated rings. The second kappa shape index (κ2) is 4.43. The lowest BCUT2D eigenvalue weighted by molar-refractivity contribution is 0.196. The van der Waals surface area contributed by atoms with Crippen LogP contribution in [0.3, 0.4) is 0 Å². The number of rotatable bonds is 2. The van der Waals surface area contributed by atoms with Crippen LogP contribution in [0.4, 0.5) is 0 Å². The summed E-state index contributed by atoms with van der Waals surface area (Å²) in [6, 6.07) is 11.2. The zero-order valence-electron chi connectivity index (χ0n) is 9.68. The fourth-order valence-electron chi connectivity index (χ4n) is 1.91. The van der Waals surface area contributed by atoms with Crippen molar-refractivity contribution in [2.24, 2.45) is 0 Å². The van der Waals surface area contributed by atoms with Crippen LogP contribution in [0, 0.1) is 6.92 Å². The Morgan fingerprint density at radius 2 is 2.06 bits per heavy atom. The summed E-state index contributed by atoms with van der Waals surface area (Å²) in [7, 11) is 0. The lowest BCUT2D eigenvalue weighted by atomic mass is 10.2. The maximum absolute atomic E-state index is 10.3. The Balaban J connectivity index is 2.03. The number of hydrogen-bond donors (Lipinski definition) is 1. The molecule has 0 amide bonds. The van der Waals surface area contributed by atoms with Gasteiger partial charge in [0.15, 0.2) is 0 Å². The summed E-state index contributed by atoms with van der Waals surface area (Å²) in [6.07, 6.45) is -0.713. The molecule has 0 spiro atoms. The van der Waals surface area contributed by atoms with E-state index in [0.717, 1.165) is 15.8 Å². The van der Waals surface area contributed by atoms with Gasteiger partial charge in [-0.2, -0.15) is 0 Å². The maximum Gasteiger partial charge on any atom is 0.146 e. The van der Waals surface area contributed by atoms with Gasteiger partial charge in [-0.3, -0.25) is 0 Å². The van der Waals surface area contributed by atoms with E-state index in [1.54, 1.807) is 17.4 Å². The number of aliphatic hydroxyl groups excluding tert-OH is 1. The molecular formula is C14H11ClO2S. The van der Waals surface area contributed by atoms with E-state index in [2.05, 4.69) is 0 Å². The van der Waals surface area contributed by atoms with Crippen molar-refractivity contribution in [3.63, 3.8) is 0 Å². The number of aliphatic hydroxyl groups is 1. The predicted octanol–water partition coefficient (Wildman–Crippen LogP) is 4.54. The normalized spacial score (nSPS) is 13.1. The Morgan fingerprint density at radius 3 is 2.78 bits per heavy atom. The first kappa shape index (κ1) is 11.8. The molecule has 1 N–H and O–H groups in total. The van der Waals surface area contributed by atoms with E-state index in [-0.39, 0.29) is 0 Å². The summed E-state index contributed by atoms with van der Waals surface area (Å²) in [5, 5.41) is 11.8. The second-order valence-corrected chi connectivity index (χ2v) is 5.94. The minimum atomic E-state index is -0.713. The Hall–Kier alpha value is -1.29. The molecule has 1 unspecified atom stereocenters. The standard InChI is InChI=1S/C14H11ClO2S/c1-8-2-5-13(18-8)14(16)12-7-9-6-10(15)3-4-11(9)17-12/h2-7,14,16H,1H3. The number of fused-ring (bicyclic) bond motifs is 1. The van der Waals surface area contributed by atoms with Gasteiger partial charge in [0.25, 0.3) is 0 Å². The van der Waals surface area contributed by atoms with E-state index in [1.807, 2.05) is 37.3 Å². The average molecular weight is 279 g/mol. The van der Waals surface area contributed by atoms with Crippen LogP contribution in [0.5, 0.6) is 0 Å². The molecule has 0 radical (unpaired) electrons. The van der Waals surface area contributed by atoms with Crippen molar-refractivity contribution in [1.82, 2.24) is 0 Å². The zero-order valence-corrected chi connectivity index (χ0v) is 11.3. The van der Waals surface area contributed by atoms with Gasteiger partial charge >= 0.3 is 0 Å². The highest BCUT2D eigenvalue weighted by Gasteiger charge is 2.17. The first-order valence-corrected chi connectivity index (χ1v) is 6.76. The van der Waals surface area contributed by atoms with Gasteiger partial charge in [-0.25, -0.2) is 0 Å². The lowest BCUT2D eigenvalue weighted by Crippen LogP contribution is -1.93. The third-order valence-corrected chi connectivity index (χ3v) is 4.09. The van der Waals surface area contributed by atoms with E-state index in [4.69, 9.17) is 16.0 Å². The summed E-state index contributed by atoms with van der Waals surface area (Å²) in [4.78, 5) is 2.06. The van der Waals surface area contributed by atoms with Gasteiger partial charge in [-0.15, -0.1) is 11.3 Å². The van der Waals surface area contributed by atoms with Crippen molar-refractivity contribution in [3.8, 4) is 0 Å². The molecular weight excluding hydrogens is 268 g/mol. The van der Waals surface area contributed by atoms with E-state index in [1.165, 1.54) is 4.88 Å². The molecule has 2 nitrogen and oxygen atoms in total. The molecule has 0 aliphatic heterocycles. The monoisotopic (exact) mass is 278 g/mol. The van der Waals surface area contributed by atoms with Gasteiger partial charge in [-0.1, -0.05) is 11.6 Å². The van der Waals surface area contributed by atoms with Gasteiger partial charge in [0.2, 0.25) is 0 Å². The van der Waals surface area contributed by atoms with Crippen LogP contribution >= 0.6 is 22.9 Å². The van der Waals surface area contributed by atoms with Crippen LogP contribution in [0.2, 0.25) is 5.02 Å². The fraction of sp³-hybridized carbons (Fsp3) is 0.143. The molecule has 1 atom stereocenters. The lowest BCUT2D eigenvalue weighted by Gasteiger charge is -2.03. The van der Waals surface area contributed by atoms with Crippen molar-refractivity contribution in [2.45, 2.75) is 13.0 Å². The van der Waals surface area contributed by atoms with Crippen LogP contribution in [0.25, 0.3) is 11.0 Å². The van der Waals surface area contributed by atoms with E-state index in [0.29, 0.717) is 10.8 Å². The fourth-order valence-corrected chi connectivity index (χ4v) is 2.96. The quantitative estimate of drug-likeness (QED) is 0.747. The smallest absolute Gasteiger partial charge is 0.146 e. The summed E-state index contributed by atoms with van der Waals surface area (Å²) >= 11 is 7.49. The van der Waals surface area contributed by atoms with E-state index >= 15 is 0 Å². The molecule has 0 aliphatic rings. The molecule has 92 valence electrons. The highest BCUT2D eigenvalue weighted by Crippen LogP contribution is 2.32. The molecule has 1 aromatic carbocycles. The highest BCUT2D eigenvalue weighted by atomic mass is 35.5. The number of thiophene rings is 1. The number of furan rings is 1. The Labute approximate surface area is 113 Å². The van der Waals surface area contributed by atoms with Crippen LogP contribution in [-0.4, -0.2) is 5.11 Å². The minimum absolute atomic E-state index is 0.550. The maximum atomic E-state index is 10.3. The van der Waals surface area contributed by atoms with E-state index in [9.17, 15) is 5.11 Å². The third kappa shape index (κ3) is 2.05. The molecule has 4 heteroatoms. The van der Waals surface area contributed by atoms with Crippen molar-refractivity contribution in [3.05, 3.63) is 56.9 Å². The largest absolute Gasteiger partial charge is 0.458 e. The molecule has 18 heavy (non-hydrogen) atoms. The van der Waals surface area contributed by atoms with Crippen molar-refractivity contribution in [1.29, 1.82) is 0 Å². The first-order chi connectivity index (χ1) is 8.63. The number of benzene rings is 1. The minimum Gasteiger partial charge on any atom is -0.458 e. The number of aryl methyl sites for hydroxylation is 1. The van der Waals surface area contributed by atoms with Crippen molar-refractivity contribution < 1.29 is 9.52 Å². The van der Waals surface area contributed by atoms with Crippen LogP contribution in [-0.2, 0) is 0 Å². The van der Waals surface area contributed by atoms with Gasteiger partial charge in [-0.05, 0) is 43.3 Å². The van der Waals surface area contributed by atoms with Crippen LogP contribution < -0.4 is 0 Å². The SMILES string of the molecule is Cc1ccc(C(O)c2cc3cc(Cl)ccc3o2)s1.